The van der Waals surface area contributed by atoms with Crippen LogP contribution in [0.1, 0.15) is 29.2 Å². The molecule has 2 unspecified atom stereocenters. The molecule has 2 atom stereocenters. The molecule has 106 valence electrons. The van der Waals surface area contributed by atoms with Crippen LogP contribution in [0.3, 0.4) is 0 Å². The van der Waals surface area contributed by atoms with Gasteiger partial charge in [-0.1, -0.05) is 48.0 Å². The predicted octanol–water partition coefficient (Wildman–Crippen LogP) is 3.92. The van der Waals surface area contributed by atoms with Crippen LogP contribution >= 0.6 is 11.6 Å². The maximum atomic E-state index is 14.2. The van der Waals surface area contributed by atoms with Crippen molar-refractivity contribution in [3.63, 3.8) is 0 Å². The lowest BCUT2D eigenvalue weighted by atomic mass is 9.75. The maximum Gasteiger partial charge on any atom is 0.147 e. The van der Waals surface area contributed by atoms with Gasteiger partial charge < -0.3 is 5.11 Å². The van der Waals surface area contributed by atoms with Crippen molar-refractivity contribution in [3.05, 3.63) is 70.0 Å². The lowest BCUT2D eigenvalue weighted by Gasteiger charge is -2.29. The van der Waals surface area contributed by atoms with Crippen molar-refractivity contribution >= 4 is 11.6 Å². The zero-order chi connectivity index (χ0) is 15.0. The van der Waals surface area contributed by atoms with Gasteiger partial charge in [0.05, 0.1) is 11.1 Å². The summed E-state index contributed by atoms with van der Waals surface area (Å²) in [5.41, 5.74) is 0.753. The summed E-state index contributed by atoms with van der Waals surface area (Å²) < 4.78 is 14.2. The molecule has 1 aliphatic carbocycles. The second-order valence-electron chi connectivity index (χ2n) is 5.29. The maximum absolute atomic E-state index is 14.2. The van der Waals surface area contributed by atoms with Crippen molar-refractivity contribution in [2.45, 2.75) is 24.4 Å². The van der Waals surface area contributed by atoms with E-state index in [1.54, 1.807) is 6.07 Å². The Morgan fingerprint density at radius 3 is 2.76 bits per heavy atom. The van der Waals surface area contributed by atoms with Gasteiger partial charge in [-0.3, -0.25) is 0 Å². The van der Waals surface area contributed by atoms with E-state index in [2.05, 4.69) is 6.07 Å². The summed E-state index contributed by atoms with van der Waals surface area (Å²) in [6, 6.07) is 14.2. The Bertz CT molecular complexity index is 740. The summed E-state index contributed by atoms with van der Waals surface area (Å²) >= 11 is 5.78. The third-order valence-electron chi connectivity index (χ3n) is 4.23. The zero-order valence-electron chi connectivity index (χ0n) is 11.2. The third-order valence-corrected chi connectivity index (χ3v) is 4.52. The number of nitriles is 1. The van der Waals surface area contributed by atoms with Crippen LogP contribution in [-0.2, 0) is 11.8 Å². The molecule has 0 aromatic heterocycles. The molecular weight excluding hydrogens is 289 g/mol. The van der Waals surface area contributed by atoms with E-state index in [1.165, 1.54) is 12.1 Å². The number of benzene rings is 2. The number of aliphatic hydroxyl groups is 1. The molecule has 0 saturated heterocycles. The van der Waals surface area contributed by atoms with E-state index in [4.69, 9.17) is 11.6 Å². The van der Waals surface area contributed by atoms with Crippen LogP contribution in [0.5, 0.6) is 0 Å². The van der Waals surface area contributed by atoms with Gasteiger partial charge >= 0.3 is 0 Å². The van der Waals surface area contributed by atoms with E-state index in [0.717, 1.165) is 11.1 Å². The molecule has 0 radical (unpaired) electrons. The molecule has 21 heavy (non-hydrogen) atoms. The molecule has 0 fully saturated rings. The van der Waals surface area contributed by atoms with Gasteiger partial charge in [0.2, 0.25) is 0 Å². The Morgan fingerprint density at radius 2 is 2.00 bits per heavy atom. The van der Waals surface area contributed by atoms with E-state index >= 15 is 0 Å². The van der Waals surface area contributed by atoms with Crippen LogP contribution in [0.25, 0.3) is 0 Å². The van der Waals surface area contributed by atoms with Crippen molar-refractivity contribution in [2.75, 3.05) is 0 Å². The number of halogens is 2. The van der Waals surface area contributed by atoms with E-state index in [-0.39, 0.29) is 10.6 Å². The van der Waals surface area contributed by atoms with Crippen molar-refractivity contribution in [1.29, 1.82) is 5.26 Å². The Labute approximate surface area is 127 Å². The van der Waals surface area contributed by atoms with Gasteiger partial charge in [0.1, 0.15) is 17.3 Å². The summed E-state index contributed by atoms with van der Waals surface area (Å²) in [6.07, 6.45) is -0.0799. The normalized spacial score (nSPS) is 21.6. The molecule has 2 aromatic rings. The smallest absolute Gasteiger partial charge is 0.147 e. The number of aliphatic hydroxyl groups excluding tert-OH is 1. The minimum atomic E-state index is -1.25. The third kappa shape index (κ3) is 2.03. The first kappa shape index (κ1) is 14.1. The molecule has 2 nitrogen and oxygen atoms in total. The van der Waals surface area contributed by atoms with Crippen molar-refractivity contribution in [2.24, 2.45) is 0 Å². The number of aryl methyl sites for hydroxylation is 1. The molecule has 2 aromatic carbocycles. The van der Waals surface area contributed by atoms with Crippen LogP contribution < -0.4 is 0 Å². The van der Waals surface area contributed by atoms with Gasteiger partial charge in [-0.25, -0.2) is 4.39 Å². The summed E-state index contributed by atoms with van der Waals surface area (Å²) in [5.74, 6) is -0.661. The Balaban J connectivity index is 2.14. The molecule has 0 aliphatic heterocycles. The van der Waals surface area contributed by atoms with Crippen LogP contribution in [-0.4, -0.2) is 5.11 Å². The van der Waals surface area contributed by atoms with Gasteiger partial charge in [-0.05, 0) is 30.0 Å². The lowest BCUT2D eigenvalue weighted by molar-refractivity contribution is 0.107. The highest BCUT2D eigenvalue weighted by atomic mass is 35.5. The first-order chi connectivity index (χ1) is 10.1. The van der Waals surface area contributed by atoms with E-state index in [1.807, 2.05) is 24.3 Å². The Morgan fingerprint density at radius 1 is 1.24 bits per heavy atom. The number of fused-ring (bicyclic) bond motifs is 1. The van der Waals surface area contributed by atoms with Crippen LogP contribution in [0.4, 0.5) is 4.39 Å². The fourth-order valence-corrected chi connectivity index (χ4v) is 3.28. The fourth-order valence-electron chi connectivity index (χ4n) is 3.10. The summed E-state index contributed by atoms with van der Waals surface area (Å²) in [6.45, 7) is 0. The van der Waals surface area contributed by atoms with E-state index < -0.39 is 17.3 Å². The minimum Gasteiger partial charge on any atom is -0.386 e. The molecule has 1 N–H and O–H groups in total. The molecule has 0 saturated carbocycles. The standard InChI is InChI=1S/C17H13ClFNO/c18-14-7-3-5-12(15(14)19)16(21)17(10-20)9-8-11-4-1-2-6-13(11)17/h1-7,16,21H,8-9H2. The highest BCUT2D eigenvalue weighted by molar-refractivity contribution is 6.30. The van der Waals surface area contributed by atoms with E-state index in [9.17, 15) is 14.8 Å². The van der Waals surface area contributed by atoms with Crippen LogP contribution in [0, 0.1) is 17.1 Å². The number of nitrogens with zero attached hydrogens (tertiary/aromatic N) is 1. The predicted molar refractivity (Wildman–Crippen MR) is 78.4 cm³/mol. The van der Waals surface area contributed by atoms with Crippen molar-refractivity contribution in [3.8, 4) is 6.07 Å². The monoisotopic (exact) mass is 301 g/mol. The average molecular weight is 302 g/mol. The van der Waals surface area contributed by atoms with E-state index in [0.29, 0.717) is 12.8 Å². The first-order valence-electron chi connectivity index (χ1n) is 6.72. The number of hydrogen-bond acceptors (Lipinski definition) is 2. The van der Waals surface area contributed by atoms with Crippen molar-refractivity contribution < 1.29 is 9.50 Å². The minimum absolute atomic E-state index is 0.0501. The lowest BCUT2D eigenvalue weighted by Crippen LogP contribution is -2.30. The van der Waals surface area contributed by atoms with Gasteiger partial charge in [0.15, 0.2) is 0 Å². The van der Waals surface area contributed by atoms with Gasteiger partial charge in [-0.15, -0.1) is 0 Å². The highest BCUT2D eigenvalue weighted by Crippen LogP contribution is 2.47. The van der Waals surface area contributed by atoms with Crippen LogP contribution in [0.15, 0.2) is 42.5 Å². The molecule has 1 aliphatic rings. The van der Waals surface area contributed by atoms with Crippen LogP contribution in [0.2, 0.25) is 5.02 Å². The van der Waals surface area contributed by atoms with Crippen molar-refractivity contribution in [1.82, 2.24) is 0 Å². The van der Waals surface area contributed by atoms with Gasteiger partial charge in [0.25, 0.3) is 0 Å². The largest absolute Gasteiger partial charge is 0.386 e. The topological polar surface area (TPSA) is 44.0 Å². The highest BCUT2D eigenvalue weighted by Gasteiger charge is 2.46. The fraction of sp³-hybridized carbons (Fsp3) is 0.235. The summed E-state index contributed by atoms with van der Waals surface area (Å²) in [5, 5.41) is 20.3. The molecular formula is C17H13ClFNO. The second-order valence-corrected chi connectivity index (χ2v) is 5.69. The summed E-state index contributed by atoms with van der Waals surface area (Å²) in [7, 11) is 0. The quantitative estimate of drug-likeness (QED) is 0.913. The second kappa shape index (κ2) is 5.14. The average Bonchev–Trinajstić information content (AvgIpc) is 2.89. The molecule has 0 heterocycles. The first-order valence-corrected chi connectivity index (χ1v) is 7.09. The Kier molecular flexibility index (Phi) is 3.44. The zero-order valence-corrected chi connectivity index (χ0v) is 11.9. The molecule has 0 bridgehead atoms. The number of rotatable bonds is 2. The SMILES string of the molecule is N#CC1(C(O)c2cccc(Cl)c2F)CCc2ccccc21. The Hall–Kier alpha value is -1.89. The van der Waals surface area contributed by atoms with Gasteiger partial charge in [0, 0.05) is 5.56 Å². The molecule has 0 spiro atoms. The number of hydrogen-bond donors (Lipinski definition) is 1. The molecule has 4 heteroatoms. The molecule has 3 rings (SSSR count). The summed E-state index contributed by atoms with van der Waals surface area (Å²) in [4.78, 5) is 0. The van der Waals surface area contributed by atoms with Gasteiger partial charge in [-0.2, -0.15) is 5.26 Å². The molecule has 0 amide bonds.